The van der Waals surface area contributed by atoms with Crippen molar-refractivity contribution < 1.29 is 13.2 Å². The van der Waals surface area contributed by atoms with Gasteiger partial charge in [0.1, 0.15) is 0 Å². The maximum absolute atomic E-state index is 13.3. The lowest BCUT2D eigenvalue weighted by Crippen LogP contribution is -2.27. The summed E-state index contributed by atoms with van der Waals surface area (Å²) in [5, 5.41) is 0. The van der Waals surface area contributed by atoms with Gasteiger partial charge in [-0.25, -0.2) is 13.2 Å². The molecule has 0 saturated heterocycles. The van der Waals surface area contributed by atoms with Crippen molar-refractivity contribution in [3.63, 3.8) is 0 Å². The van der Waals surface area contributed by atoms with E-state index < -0.39 is 17.5 Å². The molecule has 140 valence electrons. The Morgan fingerprint density at radius 1 is 0.926 bits per heavy atom. The highest BCUT2D eigenvalue weighted by Crippen LogP contribution is 2.47. The largest absolute Gasteiger partial charge is 0.204 e. The van der Waals surface area contributed by atoms with Crippen LogP contribution in [0.25, 0.3) is 0 Å². The summed E-state index contributed by atoms with van der Waals surface area (Å²) in [4.78, 5) is 0. The number of halogens is 3. The maximum atomic E-state index is 13.3. The van der Waals surface area contributed by atoms with E-state index in [1.54, 1.807) is 0 Å². The van der Waals surface area contributed by atoms with E-state index in [9.17, 15) is 13.2 Å². The Balaban J connectivity index is 1.57. The monoisotopic (exact) mass is 368 g/mol. The van der Waals surface area contributed by atoms with Gasteiger partial charge in [-0.15, -0.1) is 0 Å². The summed E-state index contributed by atoms with van der Waals surface area (Å²) in [5.74, 6) is 4.19. The van der Waals surface area contributed by atoms with E-state index in [0.29, 0.717) is 5.92 Å². The van der Waals surface area contributed by atoms with Crippen LogP contribution in [0.1, 0.15) is 67.2 Å². The SMILES string of the molecule is CC[C@@H]1CC[C@@H]2c3ccc(C#Cc4cc(F)c(F)c(F)c4)cc3CC[C@@H]2C1. The van der Waals surface area contributed by atoms with E-state index in [2.05, 4.69) is 30.9 Å². The van der Waals surface area contributed by atoms with E-state index in [1.165, 1.54) is 43.2 Å². The van der Waals surface area contributed by atoms with Crippen molar-refractivity contribution in [1.29, 1.82) is 0 Å². The van der Waals surface area contributed by atoms with E-state index in [0.717, 1.165) is 36.0 Å². The van der Waals surface area contributed by atoms with E-state index in [4.69, 9.17) is 0 Å². The summed E-state index contributed by atoms with van der Waals surface area (Å²) in [7, 11) is 0. The van der Waals surface area contributed by atoms with Crippen molar-refractivity contribution in [2.75, 3.05) is 0 Å². The van der Waals surface area contributed by atoms with Crippen molar-refractivity contribution >= 4 is 0 Å². The molecule has 2 aromatic carbocycles. The summed E-state index contributed by atoms with van der Waals surface area (Å²) in [6, 6.07) is 8.16. The molecule has 0 bridgehead atoms. The minimum Gasteiger partial charge on any atom is -0.204 e. The maximum Gasteiger partial charge on any atom is 0.194 e. The van der Waals surface area contributed by atoms with Crippen LogP contribution in [-0.2, 0) is 6.42 Å². The fourth-order valence-electron chi connectivity index (χ4n) is 4.84. The van der Waals surface area contributed by atoms with E-state index in [-0.39, 0.29) is 5.56 Å². The first-order valence-corrected chi connectivity index (χ1v) is 9.84. The molecule has 0 spiro atoms. The Hall–Kier alpha value is -2.21. The standard InChI is InChI=1S/C24H23F3/c1-2-15-5-9-20-18(11-15)7-8-19-12-16(6-10-21(19)20)3-4-17-13-22(25)24(27)23(26)14-17/h6,10,12-15,18,20H,2,5,7-9,11H2,1H3/t15-,18-,20+/m1/s1. The summed E-state index contributed by atoms with van der Waals surface area (Å²) in [5.41, 5.74) is 3.79. The Morgan fingerprint density at radius 2 is 1.67 bits per heavy atom. The quantitative estimate of drug-likeness (QED) is 0.406. The normalized spacial score (nSPS) is 23.8. The van der Waals surface area contributed by atoms with Crippen LogP contribution >= 0.6 is 0 Å². The van der Waals surface area contributed by atoms with Gasteiger partial charge in [-0.3, -0.25) is 0 Å². The molecule has 3 atom stereocenters. The van der Waals surface area contributed by atoms with Crippen LogP contribution in [0, 0.1) is 41.1 Å². The fourth-order valence-corrected chi connectivity index (χ4v) is 4.84. The highest BCUT2D eigenvalue weighted by atomic mass is 19.2. The Bertz CT molecular complexity index is 896. The van der Waals surface area contributed by atoms with Crippen LogP contribution in [-0.4, -0.2) is 0 Å². The molecule has 0 nitrogen and oxygen atoms in total. The molecule has 2 aliphatic rings. The molecule has 4 rings (SSSR count). The van der Waals surface area contributed by atoms with Crippen LogP contribution in [0.5, 0.6) is 0 Å². The zero-order valence-electron chi connectivity index (χ0n) is 15.5. The van der Waals surface area contributed by atoms with Crippen LogP contribution < -0.4 is 0 Å². The summed E-state index contributed by atoms with van der Waals surface area (Å²) >= 11 is 0. The number of hydrogen-bond donors (Lipinski definition) is 0. The molecule has 2 aromatic rings. The second kappa shape index (κ2) is 7.43. The Kier molecular flexibility index (Phi) is 5.00. The minimum absolute atomic E-state index is 0.141. The molecule has 0 aromatic heterocycles. The average Bonchev–Trinajstić information content (AvgIpc) is 2.69. The van der Waals surface area contributed by atoms with Crippen molar-refractivity contribution in [2.45, 2.75) is 51.4 Å². The first-order chi connectivity index (χ1) is 13.0. The van der Waals surface area contributed by atoms with Gasteiger partial charge in [0, 0.05) is 11.1 Å². The predicted molar refractivity (Wildman–Crippen MR) is 101 cm³/mol. The van der Waals surface area contributed by atoms with Gasteiger partial charge in [0.05, 0.1) is 0 Å². The lowest BCUT2D eigenvalue weighted by Gasteiger charge is -2.40. The van der Waals surface area contributed by atoms with Gasteiger partial charge in [-0.1, -0.05) is 31.3 Å². The lowest BCUT2D eigenvalue weighted by atomic mass is 9.65. The summed E-state index contributed by atoms with van der Waals surface area (Å²) < 4.78 is 39.7. The third-order valence-corrected chi connectivity index (χ3v) is 6.33. The molecule has 1 fully saturated rings. The number of rotatable bonds is 1. The van der Waals surface area contributed by atoms with Gasteiger partial charge in [-0.05, 0) is 85.3 Å². The molecular formula is C24H23F3. The van der Waals surface area contributed by atoms with E-state index >= 15 is 0 Å². The van der Waals surface area contributed by atoms with Gasteiger partial charge in [0.25, 0.3) is 0 Å². The van der Waals surface area contributed by atoms with Crippen LogP contribution in [0.4, 0.5) is 13.2 Å². The Labute approximate surface area is 158 Å². The second-order valence-electron chi connectivity index (χ2n) is 7.91. The van der Waals surface area contributed by atoms with Gasteiger partial charge < -0.3 is 0 Å². The van der Waals surface area contributed by atoms with Crippen molar-refractivity contribution in [3.8, 4) is 11.8 Å². The molecule has 0 unspecified atom stereocenters. The van der Waals surface area contributed by atoms with Crippen molar-refractivity contribution in [1.82, 2.24) is 0 Å². The molecule has 0 aliphatic heterocycles. The zero-order valence-corrected chi connectivity index (χ0v) is 15.5. The van der Waals surface area contributed by atoms with Crippen LogP contribution in [0.3, 0.4) is 0 Å². The van der Waals surface area contributed by atoms with Gasteiger partial charge in [-0.2, -0.15) is 0 Å². The van der Waals surface area contributed by atoms with Crippen LogP contribution in [0.15, 0.2) is 30.3 Å². The average molecular weight is 368 g/mol. The molecule has 1 saturated carbocycles. The number of fused-ring (bicyclic) bond motifs is 3. The highest BCUT2D eigenvalue weighted by Gasteiger charge is 2.34. The first kappa shape index (κ1) is 18.2. The zero-order chi connectivity index (χ0) is 19.0. The fraction of sp³-hybridized carbons (Fsp3) is 0.417. The van der Waals surface area contributed by atoms with Gasteiger partial charge >= 0.3 is 0 Å². The lowest BCUT2D eigenvalue weighted by molar-refractivity contribution is 0.206. The minimum atomic E-state index is -1.46. The topological polar surface area (TPSA) is 0 Å². The number of aryl methyl sites for hydroxylation is 1. The van der Waals surface area contributed by atoms with Crippen molar-refractivity contribution in [2.24, 2.45) is 11.8 Å². The summed E-state index contributed by atoms with van der Waals surface area (Å²) in [6.07, 6.45) is 7.54. The molecule has 0 N–H and O–H groups in total. The first-order valence-electron chi connectivity index (χ1n) is 9.84. The molecule has 0 amide bonds. The third-order valence-electron chi connectivity index (χ3n) is 6.33. The molecule has 27 heavy (non-hydrogen) atoms. The highest BCUT2D eigenvalue weighted by molar-refractivity contribution is 5.47. The number of hydrogen-bond acceptors (Lipinski definition) is 0. The van der Waals surface area contributed by atoms with Gasteiger partial charge in [0.15, 0.2) is 17.5 Å². The van der Waals surface area contributed by atoms with Crippen molar-refractivity contribution in [3.05, 3.63) is 70.0 Å². The second-order valence-corrected chi connectivity index (χ2v) is 7.91. The summed E-state index contributed by atoms with van der Waals surface area (Å²) in [6.45, 7) is 2.30. The molecule has 0 radical (unpaired) electrons. The smallest absolute Gasteiger partial charge is 0.194 e. The molecule has 2 aliphatic carbocycles. The molecule has 3 heteroatoms. The van der Waals surface area contributed by atoms with Gasteiger partial charge in [0.2, 0.25) is 0 Å². The molecule has 0 heterocycles. The predicted octanol–water partition coefficient (Wildman–Crippen LogP) is 6.36. The Morgan fingerprint density at radius 3 is 2.41 bits per heavy atom. The number of benzene rings is 2. The van der Waals surface area contributed by atoms with E-state index in [1.807, 2.05) is 6.07 Å². The van der Waals surface area contributed by atoms with Crippen LogP contribution in [0.2, 0.25) is 0 Å². The molecular weight excluding hydrogens is 345 g/mol. The third kappa shape index (κ3) is 3.63.